The van der Waals surface area contributed by atoms with E-state index in [1.165, 1.54) is 31.3 Å². The first-order valence-electron chi connectivity index (χ1n) is 16.6. The third kappa shape index (κ3) is 6.19. The first kappa shape index (κ1) is 31.2. The Morgan fingerprint density at radius 2 is 1.98 bits per heavy atom. The van der Waals surface area contributed by atoms with Gasteiger partial charge in [-0.2, -0.15) is 4.98 Å². The summed E-state index contributed by atoms with van der Waals surface area (Å²) < 4.78 is 11.8. The number of carbonyl (C=O) groups is 1. The Morgan fingerprint density at radius 3 is 2.69 bits per heavy atom. The number of carbonyl (C=O) groups excluding carboxylic acids is 1. The monoisotopic (exact) mass is 580 g/mol. The standard InChI is InChI=1S/C35H52N2O5/c1-6-9-31-36-33(42-37-31)35(18-19-35)30(41-32(40)7-2)16-11-22(3)27-14-15-28-24(10-8-17-34(27,28)5)12-13-25-20-26(38)21-29(39)23(25)4/h12-13,22,26-30,38-39H,4,6-11,14-21H2,1-3,5H3/t22-,26-,27-,28+,29+,30-,34-/m1/s1. The molecule has 1 heterocycles. The number of aryl methyl sites for hydroxylation is 1. The van der Waals surface area contributed by atoms with Crippen LogP contribution in [0.1, 0.15) is 123 Å². The number of hydrogen-bond donors (Lipinski definition) is 2. The molecule has 0 saturated heterocycles. The highest BCUT2D eigenvalue weighted by molar-refractivity contribution is 5.69. The number of rotatable bonds is 11. The summed E-state index contributed by atoms with van der Waals surface area (Å²) in [5, 5.41) is 24.7. The van der Waals surface area contributed by atoms with Crippen molar-refractivity contribution in [3.05, 3.63) is 47.2 Å². The van der Waals surface area contributed by atoms with Crippen LogP contribution in [0.4, 0.5) is 0 Å². The molecule has 1 aromatic rings. The van der Waals surface area contributed by atoms with Gasteiger partial charge in [0.2, 0.25) is 5.89 Å². The average molecular weight is 581 g/mol. The van der Waals surface area contributed by atoms with E-state index in [0.29, 0.717) is 42.9 Å². The normalized spacial score (nSPS) is 33.9. The molecule has 0 spiro atoms. The van der Waals surface area contributed by atoms with Crippen molar-refractivity contribution in [1.82, 2.24) is 10.1 Å². The van der Waals surface area contributed by atoms with Crippen molar-refractivity contribution < 1.29 is 24.3 Å². The number of aliphatic hydroxyl groups is 2. The van der Waals surface area contributed by atoms with E-state index in [9.17, 15) is 15.0 Å². The van der Waals surface area contributed by atoms with Crippen molar-refractivity contribution in [2.75, 3.05) is 0 Å². The van der Waals surface area contributed by atoms with Crippen LogP contribution in [-0.4, -0.2) is 44.6 Å². The molecule has 0 aromatic carbocycles. The summed E-state index contributed by atoms with van der Waals surface area (Å²) in [7, 11) is 0. The Hall–Kier alpha value is -2.25. The zero-order valence-electron chi connectivity index (χ0n) is 26.2. The second-order valence-electron chi connectivity index (χ2n) is 14.0. The van der Waals surface area contributed by atoms with Crippen molar-refractivity contribution in [2.45, 2.75) is 141 Å². The maximum atomic E-state index is 12.5. The van der Waals surface area contributed by atoms with Crippen molar-refractivity contribution in [1.29, 1.82) is 0 Å². The summed E-state index contributed by atoms with van der Waals surface area (Å²) in [6.45, 7) is 13.0. The van der Waals surface area contributed by atoms with Crippen LogP contribution in [-0.2, 0) is 21.4 Å². The van der Waals surface area contributed by atoms with Crippen LogP contribution < -0.4 is 0 Å². The van der Waals surface area contributed by atoms with E-state index in [1.54, 1.807) is 0 Å². The molecule has 7 heteroatoms. The molecule has 0 bridgehead atoms. The number of aromatic nitrogens is 2. The van der Waals surface area contributed by atoms with Gasteiger partial charge in [0.1, 0.15) is 6.10 Å². The van der Waals surface area contributed by atoms with E-state index in [4.69, 9.17) is 14.2 Å². The van der Waals surface area contributed by atoms with Crippen molar-refractivity contribution in [3.8, 4) is 0 Å². The predicted molar refractivity (Wildman–Crippen MR) is 162 cm³/mol. The minimum atomic E-state index is -0.653. The van der Waals surface area contributed by atoms with Crippen LogP contribution in [0, 0.1) is 23.2 Å². The van der Waals surface area contributed by atoms with Gasteiger partial charge in [-0.25, -0.2) is 0 Å². The lowest BCUT2D eigenvalue weighted by atomic mass is 9.60. The molecule has 4 fully saturated rings. The molecule has 4 aliphatic carbocycles. The molecule has 0 aliphatic heterocycles. The molecule has 0 radical (unpaired) electrons. The molecule has 1 aromatic heterocycles. The fourth-order valence-electron chi connectivity index (χ4n) is 8.57. The van der Waals surface area contributed by atoms with E-state index >= 15 is 0 Å². The Morgan fingerprint density at radius 1 is 1.19 bits per heavy atom. The zero-order chi connectivity index (χ0) is 30.1. The van der Waals surface area contributed by atoms with Gasteiger partial charge in [-0.15, -0.1) is 0 Å². The van der Waals surface area contributed by atoms with E-state index in [-0.39, 0.29) is 22.9 Å². The highest BCUT2D eigenvalue weighted by Gasteiger charge is 2.57. The highest BCUT2D eigenvalue weighted by atomic mass is 16.5. The van der Waals surface area contributed by atoms with E-state index in [0.717, 1.165) is 61.9 Å². The number of ether oxygens (including phenoxy) is 1. The van der Waals surface area contributed by atoms with Crippen LogP contribution in [0.5, 0.6) is 0 Å². The minimum Gasteiger partial charge on any atom is -0.461 e. The minimum absolute atomic E-state index is 0.156. The Balaban J connectivity index is 1.28. The van der Waals surface area contributed by atoms with Gasteiger partial charge in [0.25, 0.3) is 0 Å². The summed E-state index contributed by atoms with van der Waals surface area (Å²) in [6.07, 6.45) is 15.7. The summed E-state index contributed by atoms with van der Waals surface area (Å²) in [5.74, 6) is 2.92. The molecular weight excluding hydrogens is 528 g/mol. The topological polar surface area (TPSA) is 106 Å². The summed E-state index contributed by atoms with van der Waals surface area (Å²) in [5.41, 5.74) is 3.17. The van der Waals surface area contributed by atoms with Gasteiger partial charge in [0, 0.05) is 19.3 Å². The van der Waals surface area contributed by atoms with Crippen LogP contribution >= 0.6 is 0 Å². The third-order valence-corrected chi connectivity index (χ3v) is 11.2. The summed E-state index contributed by atoms with van der Waals surface area (Å²) in [6, 6.07) is 0. The molecule has 4 saturated carbocycles. The Labute approximate surface area is 251 Å². The van der Waals surface area contributed by atoms with Gasteiger partial charge >= 0.3 is 5.97 Å². The number of esters is 1. The van der Waals surface area contributed by atoms with Crippen LogP contribution in [0.2, 0.25) is 0 Å². The Bertz CT molecular complexity index is 1200. The van der Waals surface area contributed by atoms with Gasteiger partial charge in [-0.3, -0.25) is 4.79 Å². The fourth-order valence-corrected chi connectivity index (χ4v) is 8.57. The average Bonchev–Trinajstić information content (AvgIpc) is 3.49. The zero-order valence-corrected chi connectivity index (χ0v) is 26.2. The Kier molecular flexibility index (Phi) is 9.48. The van der Waals surface area contributed by atoms with Gasteiger partial charge in [-0.1, -0.05) is 57.2 Å². The van der Waals surface area contributed by atoms with Gasteiger partial charge in [0.15, 0.2) is 5.82 Å². The first-order chi connectivity index (χ1) is 20.1. The maximum absolute atomic E-state index is 12.5. The maximum Gasteiger partial charge on any atom is 0.305 e. The van der Waals surface area contributed by atoms with E-state index < -0.39 is 12.2 Å². The van der Waals surface area contributed by atoms with Crippen LogP contribution in [0.3, 0.4) is 0 Å². The number of nitrogens with zero attached hydrogens (tertiary/aromatic N) is 2. The first-order valence-corrected chi connectivity index (χ1v) is 16.6. The summed E-state index contributed by atoms with van der Waals surface area (Å²) >= 11 is 0. The molecule has 2 N–H and O–H groups in total. The van der Waals surface area contributed by atoms with Crippen molar-refractivity contribution in [2.24, 2.45) is 23.2 Å². The number of aliphatic hydroxyl groups excluding tert-OH is 2. The molecular formula is C35H52N2O5. The van der Waals surface area contributed by atoms with E-state index in [2.05, 4.69) is 44.7 Å². The molecule has 5 rings (SSSR count). The predicted octanol–water partition coefficient (Wildman–Crippen LogP) is 6.93. The largest absolute Gasteiger partial charge is 0.461 e. The van der Waals surface area contributed by atoms with Gasteiger partial charge in [-0.05, 0) is 105 Å². The van der Waals surface area contributed by atoms with Crippen molar-refractivity contribution in [3.63, 3.8) is 0 Å². The van der Waals surface area contributed by atoms with E-state index in [1.807, 2.05) is 6.92 Å². The lowest BCUT2D eigenvalue weighted by Gasteiger charge is -2.44. The van der Waals surface area contributed by atoms with Gasteiger partial charge < -0.3 is 19.5 Å². The quantitative estimate of drug-likeness (QED) is 0.273. The molecule has 4 aliphatic rings. The molecule has 42 heavy (non-hydrogen) atoms. The molecule has 232 valence electrons. The molecule has 7 nitrogen and oxygen atoms in total. The molecule has 0 unspecified atom stereocenters. The lowest BCUT2D eigenvalue weighted by Crippen LogP contribution is -2.37. The molecule has 7 atom stereocenters. The molecule has 0 amide bonds. The smallest absolute Gasteiger partial charge is 0.305 e. The van der Waals surface area contributed by atoms with Gasteiger partial charge in [0.05, 0.1) is 17.6 Å². The third-order valence-electron chi connectivity index (χ3n) is 11.2. The lowest BCUT2D eigenvalue weighted by molar-refractivity contribution is -0.151. The fraction of sp³-hybridized carbons (Fsp3) is 0.743. The van der Waals surface area contributed by atoms with Crippen molar-refractivity contribution >= 4 is 5.97 Å². The highest BCUT2D eigenvalue weighted by Crippen LogP contribution is 2.60. The number of allylic oxidation sites excluding steroid dienone is 3. The second kappa shape index (κ2) is 12.8. The van der Waals surface area contributed by atoms with Crippen LogP contribution in [0.25, 0.3) is 0 Å². The van der Waals surface area contributed by atoms with Crippen LogP contribution in [0.15, 0.2) is 40.0 Å². The summed E-state index contributed by atoms with van der Waals surface area (Å²) in [4.78, 5) is 17.2. The number of hydrogen-bond acceptors (Lipinski definition) is 7. The second-order valence-corrected chi connectivity index (χ2v) is 14.0. The SMILES string of the molecule is C=C1C(=CC=C2CCC[C@]3(C)[C@@H]([C@H](C)CC[C@@H](OC(=O)CC)C4(c5nc(CCC)no5)CC4)CC[C@@H]23)C[C@@H](O)C[C@@H]1O. The number of fused-ring (bicyclic) bond motifs is 1.